The number of carbonyl (C=O) groups is 3. The molecule has 2 aliphatic heterocycles. The summed E-state index contributed by atoms with van der Waals surface area (Å²) in [6, 6.07) is 18.5. The molecular formula is C35H34N6O4S. The van der Waals surface area contributed by atoms with Gasteiger partial charge in [0, 0.05) is 19.3 Å². The van der Waals surface area contributed by atoms with Crippen LogP contribution in [0, 0.1) is 29.6 Å². The Morgan fingerprint density at radius 2 is 1.91 bits per heavy atom. The topological polar surface area (TPSA) is 128 Å². The fourth-order valence-electron chi connectivity index (χ4n) is 5.81. The molecule has 46 heavy (non-hydrogen) atoms. The zero-order chi connectivity index (χ0) is 32.6. The Morgan fingerprint density at radius 3 is 2.63 bits per heavy atom. The summed E-state index contributed by atoms with van der Waals surface area (Å²) in [7, 11) is 0. The lowest BCUT2D eigenvalue weighted by molar-refractivity contribution is -0.130. The van der Waals surface area contributed by atoms with Gasteiger partial charge in [-0.15, -0.1) is 0 Å². The Morgan fingerprint density at radius 1 is 1.13 bits per heavy atom. The van der Waals surface area contributed by atoms with Gasteiger partial charge < -0.3 is 20.3 Å². The van der Waals surface area contributed by atoms with Crippen molar-refractivity contribution in [1.29, 1.82) is 5.26 Å². The first-order valence-corrected chi connectivity index (χ1v) is 15.9. The number of ether oxygens (including phenoxy) is 1. The van der Waals surface area contributed by atoms with E-state index in [1.807, 2.05) is 82.3 Å². The molecule has 1 unspecified atom stereocenters. The summed E-state index contributed by atoms with van der Waals surface area (Å²) in [6.45, 7) is 8.40. The van der Waals surface area contributed by atoms with Crippen LogP contribution in [0.1, 0.15) is 39.2 Å². The number of rotatable bonds is 6. The Kier molecular flexibility index (Phi) is 8.23. The molecule has 6 rings (SSSR count). The Bertz CT molecular complexity index is 1920. The van der Waals surface area contributed by atoms with Crippen molar-refractivity contribution in [3.05, 3.63) is 78.0 Å². The molecule has 0 radical (unpaired) electrons. The third-order valence-corrected chi connectivity index (χ3v) is 8.89. The van der Waals surface area contributed by atoms with E-state index in [2.05, 4.69) is 15.6 Å². The van der Waals surface area contributed by atoms with E-state index in [-0.39, 0.29) is 35.4 Å². The number of aryl methyl sites for hydroxylation is 1. The second kappa shape index (κ2) is 12.3. The number of piperidine rings is 1. The highest BCUT2D eigenvalue weighted by Gasteiger charge is 2.34. The third kappa shape index (κ3) is 6.17. The number of thiophene rings is 1. The minimum atomic E-state index is -0.466. The number of nitrogens with one attached hydrogen (secondary N) is 2. The van der Waals surface area contributed by atoms with Crippen molar-refractivity contribution >= 4 is 61.5 Å². The molecule has 11 heteroatoms. The number of likely N-dealkylation sites (tertiary alicyclic amines) is 1. The number of urea groups is 1. The van der Waals surface area contributed by atoms with Crippen LogP contribution >= 0.6 is 11.3 Å². The van der Waals surface area contributed by atoms with Crippen LogP contribution in [0.5, 0.6) is 11.5 Å². The summed E-state index contributed by atoms with van der Waals surface area (Å²) in [4.78, 5) is 48.7. The molecule has 0 aliphatic carbocycles. The lowest BCUT2D eigenvalue weighted by Gasteiger charge is -2.32. The maximum absolute atomic E-state index is 13.7. The van der Waals surface area contributed by atoms with Gasteiger partial charge in [-0.1, -0.05) is 56.4 Å². The average Bonchev–Trinajstić information content (AvgIpc) is 3.37. The molecule has 234 valence electrons. The molecule has 1 saturated heterocycles. The van der Waals surface area contributed by atoms with Crippen molar-refractivity contribution < 1.29 is 19.1 Å². The van der Waals surface area contributed by atoms with Gasteiger partial charge in [0.1, 0.15) is 33.0 Å². The smallest absolute Gasteiger partial charge is 0.331 e. The molecule has 2 aliphatic rings. The van der Waals surface area contributed by atoms with Crippen LogP contribution in [-0.4, -0.2) is 40.8 Å². The van der Waals surface area contributed by atoms with E-state index in [0.717, 1.165) is 16.7 Å². The van der Waals surface area contributed by atoms with Gasteiger partial charge >= 0.3 is 6.03 Å². The van der Waals surface area contributed by atoms with E-state index < -0.39 is 5.92 Å². The molecule has 2 N–H and O–H groups in total. The molecule has 2 aromatic carbocycles. The highest BCUT2D eigenvalue weighted by Crippen LogP contribution is 2.49. The summed E-state index contributed by atoms with van der Waals surface area (Å²) in [6.07, 6.45) is 4.57. The lowest BCUT2D eigenvalue weighted by Crippen LogP contribution is -2.44. The number of nitrogens with zero attached hydrogens (tertiary/aromatic N) is 4. The number of hydrogen-bond donors (Lipinski definition) is 2. The van der Waals surface area contributed by atoms with Crippen molar-refractivity contribution in [2.24, 2.45) is 11.3 Å². The number of pyridine rings is 1. The first kappa shape index (κ1) is 30.8. The normalized spacial score (nSPS) is 16.5. The van der Waals surface area contributed by atoms with Crippen molar-refractivity contribution in [2.45, 2.75) is 40.5 Å². The molecule has 0 spiro atoms. The maximum atomic E-state index is 13.7. The minimum Gasteiger partial charge on any atom is -0.457 e. The van der Waals surface area contributed by atoms with E-state index in [1.54, 1.807) is 28.1 Å². The first-order valence-electron chi connectivity index (χ1n) is 15.1. The monoisotopic (exact) mass is 634 g/mol. The first-order chi connectivity index (χ1) is 22.0. The number of amides is 4. The molecule has 4 amide bonds. The van der Waals surface area contributed by atoms with Crippen molar-refractivity contribution in [1.82, 2.24) is 9.88 Å². The minimum absolute atomic E-state index is 0.0851. The van der Waals surface area contributed by atoms with Gasteiger partial charge in [0.2, 0.25) is 5.91 Å². The zero-order valence-corrected chi connectivity index (χ0v) is 26.9. The number of allylic oxidation sites excluding steroid dienone is 1. The second-order valence-corrected chi connectivity index (χ2v) is 13.6. The van der Waals surface area contributed by atoms with Crippen LogP contribution in [0.15, 0.2) is 72.4 Å². The van der Waals surface area contributed by atoms with Crippen molar-refractivity contribution in [2.75, 3.05) is 28.6 Å². The number of benzene rings is 2. The SMILES string of the molecule is Cc1cc(Oc2ccccc2)ccc1N1C(=O)Nc2c(NC(=O)C3CCCN(C(=O)/C(C#N)=C/C(C)(C)C)C3)sc3nccc1c23. The molecule has 0 bridgehead atoms. The van der Waals surface area contributed by atoms with Crippen molar-refractivity contribution in [3.63, 3.8) is 0 Å². The highest BCUT2D eigenvalue weighted by atomic mass is 32.1. The lowest BCUT2D eigenvalue weighted by atomic mass is 9.92. The summed E-state index contributed by atoms with van der Waals surface area (Å²) in [5, 5.41) is 16.8. The molecule has 4 aromatic rings. The third-order valence-electron chi connectivity index (χ3n) is 7.88. The van der Waals surface area contributed by atoms with E-state index >= 15 is 0 Å². The number of aromatic nitrogens is 1. The second-order valence-electron chi connectivity index (χ2n) is 12.6. The fourth-order valence-corrected chi connectivity index (χ4v) is 6.84. The largest absolute Gasteiger partial charge is 0.457 e. The summed E-state index contributed by atoms with van der Waals surface area (Å²) in [5.41, 5.74) is 2.45. The van der Waals surface area contributed by atoms with Crippen LogP contribution in [0.3, 0.4) is 0 Å². The van der Waals surface area contributed by atoms with Gasteiger partial charge in [-0.2, -0.15) is 5.26 Å². The average molecular weight is 635 g/mol. The molecular weight excluding hydrogens is 600 g/mol. The van der Waals surface area contributed by atoms with Crippen LogP contribution in [-0.2, 0) is 9.59 Å². The molecule has 10 nitrogen and oxygen atoms in total. The quantitative estimate of drug-likeness (QED) is 0.165. The van der Waals surface area contributed by atoms with Crippen LogP contribution < -0.4 is 20.3 Å². The van der Waals surface area contributed by atoms with Crippen LogP contribution in [0.25, 0.3) is 10.2 Å². The fraction of sp³-hybridized carbons (Fsp3) is 0.286. The summed E-state index contributed by atoms with van der Waals surface area (Å²) in [5.74, 6) is 0.301. The van der Waals surface area contributed by atoms with Crippen molar-refractivity contribution in [3.8, 4) is 17.6 Å². The zero-order valence-electron chi connectivity index (χ0n) is 26.1. The number of anilines is 4. The van der Waals surface area contributed by atoms with Gasteiger partial charge in [-0.25, -0.2) is 9.78 Å². The van der Waals surface area contributed by atoms with E-state index in [0.29, 0.717) is 52.0 Å². The molecule has 2 aromatic heterocycles. The summed E-state index contributed by atoms with van der Waals surface area (Å²) >= 11 is 1.29. The number of carbonyl (C=O) groups excluding carboxylic acids is 3. The van der Waals surface area contributed by atoms with Gasteiger partial charge in [-0.05, 0) is 67.1 Å². The van der Waals surface area contributed by atoms with Crippen LogP contribution in [0.4, 0.5) is 26.9 Å². The van der Waals surface area contributed by atoms with Crippen LogP contribution in [0.2, 0.25) is 0 Å². The number of para-hydroxylation sites is 1. The molecule has 1 atom stereocenters. The van der Waals surface area contributed by atoms with E-state index in [1.165, 1.54) is 11.3 Å². The highest BCUT2D eigenvalue weighted by molar-refractivity contribution is 7.23. The Balaban J connectivity index is 1.23. The predicted octanol–water partition coefficient (Wildman–Crippen LogP) is 7.75. The summed E-state index contributed by atoms with van der Waals surface area (Å²) < 4.78 is 5.98. The molecule has 0 saturated carbocycles. The number of hydrogen-bond acceptors (Lipinski definition) is 7. The van der Waals surface area contributed by atoms with E-state index in [4.69, 9.17) is 4.74 Å². The van der Waals surface area contributed by atoms with Gasteiger partial charge in [0.15, 0.2) is 0 Å². The molecule has 1 fully saturated rings. The Hall–Kier alpha value is -5.21. The maximum Gasteiger partial charge on any atom is 0.331 e. The van der Waals surface area contributed by atoms with Gasteiger partial charge in [0.05, 0.1) is 28.4 Å². The number of nitriles is 1. The van der Waals surface area contributed by atoms with Gasteiger partial charge in [0.25, 0.3) is 5.91 Å². The standard InChI is InChI=1S/C35H34N6O4S/c1-21-17-25(45-24-10-6-5-7-11-24)12-13-26(21)41-27-14-15-37-31-28(27)29(38-34(41)44)32(46-31)39-30(42)22-9-8-16-40(20-22)33(43)23(19-36)18-35(2,3)4/h5-7,10-15,17-18,22H,8-9,16,20H2,1-4H3,(H,38,44)(H,39,42)/b23-18+. The van der Waals surface area contributed by atoms with E-state index in [9.17, 15) is 19.6 Å². The van der Waals surface area contributed by atoms with Gasteiger partial charge in [-0.3, -0.25) is 14.5 Å². The molecule has 4 heterocycles. The predicted molar refractivity (Wildman–Crippen MR) is 180 cm³/mol. The Labute approximate surface area is 271 Å².